The van der Waals surface area contributed by atoms with E-state index in [0.29, 0.717) is 13.0 Å². The first-order chi connectivity index (χ1) is 25.2. The third kappa shape index (κ3) is 11.5. The predicted molar refractivity (Wildman–Crippen MR) is 200 cm³/mol. The molecule has 0 unspecified atom stereocenters. The fourth-order valence-corrected chi connectivity index (χ4v) is 5.50. The van der Waals surface area contributed by atoms with Gasteiger partial charge in [0, 0.05) is 32.5 Å². The minimum Gasteiger partial charge on any atom is -0.488 e. The van der Waals surface area contributed by atoms with Crippen LogP contribution in [0.2, 0.25) is 0 Å². The summed E-state index contributed by atoms with van der Waals surface area (Å²) in [5.41, 5.74) is 13.1. The number of para-hydroxylation sites is 1. The van der Waals surface area contributed by atoms with Crippen LogP contribution in [0.1, 0.15) is 49.3 Å². The van der Waals surface area contributed by atoms with E-state index in [4.69, 9.17) is 25.7 Å². The van der Waals surface area contributed by atoms with Crippen LogP contribution < -0.4 is 47.9 Å². The van der Waals surface area contributed by atoms with Crippen molar-refractivity contribution >= 4 is 47.2 Å². The molecular weight excluding hydrogens is 670 g/mol. The first kappa shape index (κ1) is 39.2. The third-order valence-electron chi connectivity index (χ3n) is 8.14. The minimum absolute atomic E-state index is 0.0226. The molecule has 1 atom stereocenters. The van der Waals surface area contributed by atoms with Crippen LogP contribution in [0.15, 0.2) is 63.1 Å². The second-order valence-corrected chi connectivity index (χ2v) is 11.9. The summed E-state index contributed by atoms with van der Waals surface area (Å²) in [5.74, 6) is -0.924. The molecule has 0 aliphatic carbocycles. The van der Waals surface area contributed by atoms with Crippen molar-refractivity contribution < 1.29 is 28.6 Å². The van der Waals surface area contributed by atoms with Crippen molar-refractivity contribution in [3.8, 4) is 5.75 Å². The number of benzene rings is 2. The standard InChI is InChI=1S/C37H47N7O8/c1-2-52-35-32(33(47)34(35)48)43-28(11-7-17-42-37(38)39)36(49)41-19-21-51-23-22-50-20-18-40-30(45)15-16-31(46)44-24-27-10-4-3-8-25(27)13-14-26-9-5-6-12-29(26)44/h3-6,8-10,12-14,28,43H,2,7,11,15-24H2,1H3,(H,40,45)(H,41,49)(H4,38,39,42)/b14-13-/t28-/m0/s1. The maximum Gasteiger partial charge on any atom is 0.272 e. The molecule has 0 radical (unpaired) electrons. The molecule has 3 aromatic carbocycles. The van der Waals surface area contributed by atoms with Gasteiger partial charge in [-0.05, 0) is 42.5 Å². The van der Waals surface area contributed by atoms with Crippen molar-refractivity contribution in [2.45, 2.75) is 45.2 Å². The van der Waals surface area contributed by atoms with E-state index in [1.807, 2.05) is 54.6 Å². The lowest BCUT2D eigenvalue weighted by atomic mass is 10.0. The zero-order valence-corrected chi connectivity index (χ0v) is 29.4. The molecule has 1 aliphatic rings. The summed E-state index contributed by atoms with van der Waals surface area (Å²) < 4.78 is 16.3. The number of nitrogens with one attached hydrogen (secondary N) is 3. The number of hydrogen-bond acceptors (Lipinski definition) is 10. The van der Waals surface area contributed by atoms with E-state index in [2.05, 4.69) is 27.0 Å². The number of amides is 3. The van der Waals surface area contributed by atoms with Gasteiger partial charge in [-0.2, -0.15) is 0 Å². The van der Waals surface area contributed by atoms with Gasteiger partial charge >= 0.3 is 0 Å². The van der Waals surface area contributed by atoms with Gasteiger partial charge < -0.3 is 46.5 Å². The van der Waals surface area contributed by atoms with Crippen LogP contribution in [-0.2, 0) is 30.4 Å². The van der Waals surface area contributed by atoms with Crippen molar-refractivity contribution in [2.24, 2.45) is 16.5 Å². The van der Waals surface area contributed by atoms with Crippen molar-refractivity contribution in [1.29, 1.82) is 0 Å². The summed E-state index contributed by atoms with van der Waals surface area (Å²) in [7, 11) is 0. The summed E-state index contributed by atoms with van der Waals surface area (Å²) in [4.78, 5) is 68.3. The van der Waals surface area contributed by atoms with E-state index in [9.17, 15) is 24.0 Å². The number of nitrogens with zero attached hydrogens (tertiary/aromatic N) is 2. The van der Waals surface area contributed by atoms with Crippen LogP contribution in [0.3, 0.4) is 0 Å². The molecule has 0 saturated heterocycles. The minimum atomic E-state index is -0.834. The second-order valence-electron chi connectivity index (χ2n) is 11.9. The Bertz CT molecular complexity index is 1800. The van der Waals surface area contributed by atoms with Gasteiger partial charge in [-0.3, -0.25) is 29.0 Å². The van der Waals surface area contributed by atoms with Crippen molar-refractivity contribution in [1.82, 2.24) is 10.6 Å². The maximum absolute atomic E-state index is 13.3. The molecule has 0 aromatic heterocycles. The smallest absolute Gasteiger partial charge is 0.272 e. The Morgan fingerprint density at radius 3 is 2.27 bits per heavy atom. The quantitative estimate of drug-likeness (QED) is 0.0458. The number of rotatable bonds is 21. The average molecular weight is 718 g/mol. The van der Waals surface area contributed by atoms with E-state index in [0.717, 1.165) is 22.4 Å². The van der Waals surface area contributed by atoms with E-state index in [-0.39, 0.29) is 101 Å². The third-order valence-corrected chi connectivity index (χ3v) is 8.14. The summed E-state index contributed by atoms with van der Waals surface area (Å²) in [5, 5.41) is 8.37. The molecular formula is C37H47N7O8. The molecule has 0 spiro atoms. The number of guanidine groups is 1. The maximum atomic E-state index is 13.3. The van der Waals surface area contributed by atoms with E-state index >= 15 is 0 Å². The van der Waals surface area contributed by atoms with Gasteiger partial charge in [-0.1, -0.05) is 54.6 Å². The molecule has 1 aliphatic heterocycles. The number of ether oxygens (including phenoxy) is 3. The van der Waals surface area contributed by atoms with Crippen LogP contribution >= 0.6 is 0 Å². The summed E-state index contributed by atoms with van der Waals surface area (Å²) in [6.45, 7) is 4.04. The zero-order chi connectivity index (χ0) is 37.3. The van der Waals surface area contributed by atoms with Gasteiger partial charge in [-0.15, -0.1) is 0 Å². The zero-order valence-electron chi connectivity index (χ0n) is 29.4. The first-order valence-corrected chi connectivity index (χ1v) is 17.3. The summed E-state index contributed by atoms with van der Waals surface area (Å²) >= 11 is 0. The van der Waals surface area contributed by atoms with E-state index in [1.54, 1.807) is 11.8 Å². The van der Waals surface area contributed by atoms with Gasteiger partial charge in [0.05, 0.1) is 45.3 Å². The number of aliphatic imine (C=N–C) groups is 1. The fourth-order valence-electron chi connectivity index (χ4n) is 5.50. The van der Waals surface area contributed by atoms with E-state index < -0.39 is 22.8 Å². The molecule has 0 saturated carbocycles. The lowest BCUT2D eigenvalue weighted by Crippen LogP contribution is -2.45. The number of carbonyl (C=O) groups excluding carboxylic acids is 3. The molecule has 0 fully saturated rings. The molecule has 3 aromatic rings. The molecule has 15 nitrogen and oxygen atoms in total. The fraction of sp³-hybridized carbons (Fsp3) is 0.405. The number of fused-ring (bicyclic) bond motifs is 2. The molecule has 52 heavy (non-hydrogen) atoms. The molecule has 3 amide bonds. The van der Waals surface area contributed by atoms with E-state index in [1.165, 1.54) is 0 Å². The predicted octanol–water partition coefficient (Wildman–Crippen LogP) is 1.28. The Morgan fingerprint density at radius 1 is 0.865 bits per heavy atom. The SMILES string of the molecule is CCOc1c(N[C@@H](CCCN=C(N)N)C(=O)NCCOCCOCCNC(=O)CCC(=O)N2Cc3ccccc3/C=C\c3ccccc32)c(=O)c1=O. The van der Waals surface area contributed by atoms with Gasteiger partial charge in [0.2, 0.25) is 17.7 Å². The molecule has 15 heteroatoms. The highest BCUT2D eigenvalue weighted by molar-refractivity contribution is 5.98. The monoisotopic (exact) mass is 717 g/mol. The molecule has 0 bridgehead atoms. The Labute approximate surface area is 302 Å². The Balaban J connectivity index is 1.10. The van der Waals surface area contributed by atoms with Crippen molar-refractivity contribution in [3.05, 3.63) is 85.7 Å². The largest absolute Gasteiger partial charge is 0.488 e. The Kier molecular flexibility index (Phi) is 15.4. The van der Waals surface area contributed by atoms with Gasteiger partial charge in [0.1, 0.15) is 11.7 Å². The summed E-state index contributed by atoms with van der Waals surface area (Å²) in [6.07, 6.45) is 4.90. The molecule has 7 N–H and O–H groups in total. The average Bonchev–Trinajstić information content (AvgIpc) is 3.14. The van der Waals surface area contributed by atoms with Crippen LogP contribution in [0.5, 0.6) is 5.75 Å². The van der Waals surface area contributed by atoms with Gasteiger partial charge in [0.15, 0.2) is 11.7 Å². The number of nitrogens with two attached hydrogens (primary N) is 2. The number of hydrogen-bond donors (Lipinski definition) is 5. The number of carbonyl (C=O) groups is 3. The van der Waals surface area contributed by atoms with Gasteiger partial charge in [0.25, 0.3) is 10.9 Å². The highest BCUT2D eigenvalue weighted by Crippen LogP contribution is 2.29. The lowest BCUT2D eigenvalue weighted by Gasteiger charge is -2.27. The Hall–Kier alpha value is -5.54. The highest BCUT2D eigenvalue weighted by atomic mass is 16.5. The molecule has 278 valence electrons. The van der Waals surface area contributed by atoms with Crippen LogP contribution in [0, 0.1) is 0 Å². The molecule has 4 rings (SSSR count). The van der Waals surface area contributed by atoms with Crippen molar-refractivity contribution in [3.63, 3.8) is 0 Å². The Morgan fingerprint density at radius 2 is 1.54 bits per heavy atom. The van der Waals surface area contributed by atoms with Crippen LogP contribution in [-0.4, -0.2) is 82.4 Å². The van der Waals surface area contributed by atoms with Crippen LogP contribution in [0.4, 0.5) is 11.4 Å². The lowest BCUT2D eigenvalue weighted by molar-refractivity contribution is -0.125. The highest BCUT2D eigenvalue weighted by Gasteiger charge is 2.27. The topological polar surface area (TPSA) is 217 Å². The normalized spacial score (nSPS) is 13.1. The number of anilines is 2. The summed E-state index contributed by atoms with van der Waals surface area (Å²) in [6, 6.07) is 14.8. The van der Waals surface area contributed by atoms with Crippen molar-refractivity contribution in [2.75, 3.05) is 62.9 Å². The van der Waals surface area contributed by atoms with Crippen LogP contribution in [0.25, 0.3) is 12.2 Å². The van der Waals surface area contributed by atoms with Gasteiger partial charge in [-0.25, -0.2) is 0 Å². The second kappa shape index (κ2) is 20.3. The molecule has 1 heterocycles. The first-order valence-electron chi connectivity index (χ1n) is 17.3.